The van der Waals surface area contributed by atoms with Crippen molar-refractivity contribution in [3.63, 3.8) is 0 Å². The Labute approximate surface area is 149 Å². The zero-order valence-corrected chi connectivity index (χ0v) is 15.5. The second kappa shape index (κ2) is 6.32. The summed E-state index contributed by atoms with van der Waals surface area (Å²) >= 11 is 0. The van der Waals surface area contributed by atoms with Gasteiger partial charge in [-0.3, -0.25) is 9.59 Å². The number of hydrogen-bond donors (Lipinski definition) is 0. The van der Waals surface area contributed by atoms with E-state index in [4.69, 9.17) is 9.47 Å². The fourth-order valence-corrected chi connectivity index (χ4v) is 5.23. The first kappa shape index (κ1) is 17.7. The molecular weight excluding hydrogens is 316 g/mol. The van der Waals surface area contributed by atoms with E-state index in [2.05, 4.69) is 26.0 Å². The molecule has 134 valence electrons. The monoisotopic (exact) mass is 342 g/mol. The van der Waals surface area contributed by atoms with Crippen molar-refractivity contribution in [1.29, 1.82) is 0 Å². The number of hydrogen-bond acceptors (Lipinski definition) is 4. The highest BCUT2D eigenvalue weighted by atomic mass is 16.5. The smallest absolute Gasteiger partial charge is 0.323 e. The van der Waals surface area contributed by atoms with Gasteiger partial charge in [0.05, 0.1) is 14.2 Å². The highest BCUT2D eigenvalue weighted by molar-refractivity contribution is 6.01. The Balaban J connectivity index is 2.09. The molecule has 2 aliphatic rings. The Hall–Kier alpha value is -2.10. The van der Waals surface area contributed by atoms with Crippen LogP contribution in [0.5, 0.6) is 0 Å². The molecule has 0 aliphatic heterocycles. The largest absolute Gasteiger partial charge is 0.468 e. The number of methoxy groups -OCH3 is 2. The van der Waals surface area contributed by atoms with Gasteiger partial charge in [-0.1, -0.05) is 48.4 Å². The van der Waals surface area contributed by atoms with Gasteiger partial charge in [0, 0.05) is 5.92 Å². The van der Waals surface area contributed by atoms with Gasteiger partial charge >= 0.3 is 11.9 Å². The van der Waals surface area contributed by atoms with Crippen LogP contribution in [0.25, 0.3) is 0 Å². The second-order valence-corrected chi connectivity index (χ2v) is 7.47. The third kappa shape index (κ3) is 2.34. The Kier molecular flexibility index (Phi) is 4.48. The molecule has 1 aromatic rings. The SMILES string of the molecule is COC(=O)C1(C(=O)OC)C[C@@H]2C(=C(C)C)[C@@H](c3ccccc3)[C@@H]2[C@H]1C. The van der Waals surface area contributed by atoms with Crippen molar-refractivity contribution in [2.45, 2.75) is 33.1 Å². The van der Waals surface area contributed by atoms with Crippen molar-refractivity contribution >= 4 is 11.9 Å². The van der Waals surface area contributed by atoms with Crippen molar-refractivity contribution in [1.82, 2.24) is 0 Å². The molecule has 0 saturated heterocycles. The van der Waals surface area contributed by atoms with Crippen LogP contribution in [0.2, 0.25) is 0 Å². The fourth-order valence-electron chi connectivity index (χ4n) is 5.23. The summed E-state index contributed by atoms with van der Waals surface area (Å²) in [5.41, 5.74) is 2.67. The summed E-state index contributed by atoms with van der Waals surface area (Å²) in [6, 6.07) is 10.4. The van der Waals surface area contributed by atoms with E-state index in [-0.39, 0.29) is 23.7 Å². The molecule has 4 heteroatoms. The Morgan fingerprint density at radius 2 is 1.60 bits per heavy atom. The molecule has 0 amide bonds. The topological polar surface area (TPSA) is 52.6 Å². The lowest BCUT2D eigenvalue weighted by atomic mass is 9.56. The van der Waals surface area contributed by atoms with Crippen LogP contribution >= 0.6 is 0 Å². The molecule has 0 N–H and O–H groups in total. The van der Waals surface area contributed by atoms with Gasteiger partial charge in [0.25, 0.3) is 0 Å². The third-order valence-corrected chi connectivity index (χ3v) is 6.32. The lowest BCUT2D eigenvalue weighted by molar-refractivity contribution is -0.172. The van der Waals surface area contributed by atoms with Gasteiger partial charge in [0.15, 0.2) is 5.41 Å². The van der Waals surface area contributed by atoms with Crippen LogP contribution in [-0.4, -0.2) is 26.2 Å². The molecule has 3 rings (SSSR count). The molecule has 0 aromatic heterocycles. The predicted octanol–water partition coefficient (Wildman–Crippen LogP) is 3.72. The van der Waals surface area contributed by atoms with Gasteiger partial charge in [-0.25, -0.2) is 0 Å². The Morgan fingerprint density at radius 1 is 1.04 bits per heavy atom. The van der Waals surface area contributed by atoms with Gasteiger partial charge in [-0.2, -0.15) is 0 Å². The summed E-state index contributed by atoms with van der Waals surface area (Å²) in [5.74, 6) is -0.357. The summed E-state index contributed by atoms with van der Waals surface area (Å²) in [6.07, 6.45) is 0.474. The van der Waals surface area contributed by atoms with E-state index >= 15 is 0 Å². The lowest BCUT2D eigenvalue weighted by Gasteiger charge is -2.47. The molecule has 0 radical (unpaired) electrons. The highest BCUT2D eigenvalue weighted by Crippen LogP contribution is 2.68. The standard InChI is InChI=1S/C21H26O4/c1-12(2)16-15-11-21(19(22)24-4,20(23)25-5)13(3)17(15)18(16)14-9-7-6-8-10-14/h6-10,13,15,17-18H,11H2,1-5H3/t13-,15-,17-,18-/m1/s1. The summed E-state index contributed by atoms with van der Waals surface area (Å²) in [7, 11) is 2.69. The van der Waals surface area contributed by atoms with E-state index in [1.807, 2.05) is 25.1 Å². The maximum atomic E-state index is 12.6. The average Bonchev–Trinajstić information content (AvgIpc) is 2.84. The maximum absolute atomic E-state index is 12.6. The van der Waals surface area contributed by atoms with Gasteiger partial charge in [0.2, 0.25) is 0 Å². The molecular formula is C21H26O4. The first-order chi connectivity index (χ1) is 11.9. The minimum absolute atomic E-state index is 0.134. The number of rotatable bonds is 3. The molecule has 2 saturated carbocycles. The first-order valence-corrected chi connectivity index (χ1v) is 8.79. The molecule has 2 aliphatic carbocycles. The lowest BCUT2D eigenvalue weighted by Crippen LogP contribution is -2.45. The minimum Gasteiger partial charge on any atom is -0.468 e. The number of benzene rings is 1. The molecule has 0 unspecified atom stereocenters. The van der Waals surface area contributed by atoms with Gasteiger partial charge in [0.1, 0.15) is 0 Å². The van der Waals surface area contributed by atoms with Crippen LogP contribution in [0.1, 0.15) is 38.7 Å². The van der Waals surface area contributed by atoms with Gasteiger partial charge in [-0.15, -0.1) is 0 Å². The number of ether oxygens (including phenoxy) is 2. The Morgan fingerprint density at radius 3 is 2.08 bits per heavy atom. The second-order valence-electron chi connectivity index (χ2n) is 7.47. The van der Waals surface area contributed by atoms with Crippen molar-refractivity contribution in [3.05, 3.63) is 47.0 Å². The maximum Gasteiger partial charge on any atom is 0.323 e. The number of carbonyl (C=O) groups is 2. The molecule has 25 heavy (non-hydrogen) atoms. The number of fused-ring (bicyclic) bond motifs is 1. The zero-order chi connectivity index (χ0) is 18.4. The third-order valence-electron chi connectivity index (χ3n) is 6.32. The summed E-state index contributed by atoms with van der Waals surface area (Å²) in [6.45, 7) is 6.22. The highest BCUT2D eigenvalue weighted by Gasteiger charge is 2.68. The number of esters is 2. The van der Waals surface area contributed by atoms with Crippen LogP contribution in [0.15, 0.2) is 41.5 Å². The molecule has 0 spiro atoms. The zero-order valence-electron chi connectivity index (χ0n) is 15.5. The molecule has 1 aromatic carbocycles. The van der Waals surface area contributed by atoms with E-state index in [1.54, 1.807) is 0 Å². The minimum atomic E-state index is -1.21. The summed E-state index contributed by atoms with van der Waals surface area (Å²) in [5, 5.41) is 0. The van der Waals surface area contributed by atoms with Crippen molar-refractivity contribution in [2.75, 3.05) is 14.2 Å². The van der Waals surface area contributed by atoms with Crippen LogP contribution in [-0.2, 0) is 19.1 Å². The summed E-state index contributed by atoms with van der Waals surface area (Å²) < 4.78 is 10.1. The number of carbonyl (C=O) groups excluding carboxylic acids is 2. The van der Waals surface area contributed by atoms with E-state index < -0.39 is 17.4 Å². The van der Waals surface area contributed by atoms with Crippen molar-refractivity contribution in [2.24, 2.45) is 23.2 Å². The van der Waals surface area contributed by atoms with Crippen LogP contribution in [0.3, 0.4) is 0 Å². The summed E-state index contributed by atoms with van der Waals surface area (Å²) in [4.78, 5) is 25.3. The first-order valence-electron chi connectivity index (χ1n) is 8.79. The number of allylic oxidation sites excluding steroid dienone is 2. The quantitative estimate of drug-likeness (QED) is 0.477. The van der Waals surface area contributed by atoms with E-state index in [0.29, 0.717) is 6.42 Å². The van der Waals surface area contributed by atoms with Crippen molar-refractivity contribution in [3.8, 4) is 0 Å². The Bertz CT molecular complexity index is 699. The van der Waals surface area contributed by atoms with Crippen molar-refractivity contribution < 1.29 is 19.1 Å². The molecule has 2 fully saturated rings. The van der Waals surface area contributed by atoms with E-state index in [9.17, 15) is 9.59 Å². The van der Waals surface area contributed by atoms with Crippen LogP contribution < -0.4 is 0 Å². The van der Waals surface area contributed by atoms with Gasteiger partial charge in [-0.05, 0) is 43.6 Å². The van der Waals surface area contributed by atoms with E-state index in [0.717, 1.165) is 0 Å². The molecule has 4 nitrogen and oxygen atoms in total. The molecule has 4 atom stereocenters. The normalized spacial score (nSPS) is 29.4. The van der Waals surface area contributed by atoms with Gasteiger partial charge < -0.3 is 9.47 Å². The molecule has 0 heterocycles. The van der Waals surface area contributed by atoms with Crippen LogP contribution in [0.4, 0.5) is 0 Å². The average molecular weight is 342 g/mol. The molecule has 0 bridgehead atoms. The predicted molar refractivity (Wildman–Crippen MR) is 94.8 cm³/mol. The fraction of sp³-hybridized carbons (Fsp3) is 0.524. The van der Waals surface area contributed by atoms with E-state index in [1.165, 1.54) is 30.9 Å². The van der Waals surface area contributed by atoms with Crippen LogP contribution in [0, 0.1) is 23.2 Å².